The highest BCUT2D eigenvalue weighted by Gasteiger charge is 2.23. The Morgan fingerprint density at radius 3 is 2.21 bits per heavy atom. The van der Waals surface area contributed by atoms with Crippen molar-refractivity contribution in [3.63, 3.8) is 0 Å². The summed E-state index contributed by atoms with van der Waals surface area (Å²) in [7, 11) is -3.75. The Balaban J connectivity index is 1.62. The monoisotopic (exact) mass is 396 g/mol. The van der Waals surface area contributed by atoms with E-state index >= 15 is 0 Å². The quantitative estimate of drug-likeness (QED) is 0.734. The van der Waals surface area contributed by atoms with Crippen LogP contribution in [0, 0.1) is 0 Å². The van der Waals surface area contributed by atoms with E-state index in [2.05, 4.69) is 34.9 Å². The summed E-state index contributed by atoms with van der Waals surface area (Å²) in [6.45, 7) is 5.17. The summed E-state index contributed by atoms with van der Waals surface area (Å²) in [5, 5.41) is 6.56. The van der Waals surface area contributed by atoms with Crippen molar-refractivity contribution in [2.45, 2.75) is 18.2 Å². The van der Waals surface area contributed by atoms with Crippen molar-refractivity contribution in [1.29, 1.82) is 0 Å². The first kappa shape index (κ1) is 18.7. The Morgan fingerprint density at radius 1 is 0.929 bits per heavy atom. The number of anilines is 2. The lowest BCUT2D eigenvalue weighted by atomic mass is 10.1. The fourth-order valence-corrected chi connectivity index (χ4v) is 4.56. The van der Waals surface area contributed by atoms with Gasteiger partial charge in [-0.3, -0.25) is 4.98 Å². The van der Waals surface area contributed by atoms with E-state index in [0.717, 1.165) is 49.2 Å². The van der Waals surface area contributed by atoms with Crippen molar-refractivity contribution in [2.24, 2.45) is 5.14 Å². The number of hydrogen-bond acceptors (Lipinski definition) is 5. The van der Waals surface area contributed by atoms with Crippen LogP contribution in [0.1, 0.15) is 12.6 Å². The molecule has 2 aromatic carbocycles. The Bertz CT molecular complexity index is 1110. The summed E-state index contributed by atoms with van der Waals surface area (Å²) in [4.78, 5) is 9.38. The number of sulfonamides is 1. The minimum Gasteiger partial charge on any atom is -0.367 e. The molecule has 1 aromatic heterocycles. The molecule has 2 heterocycles. The van der Waals surface area contributed by atoms with Gasteiger partial charge in [0.2, 0.25) is 10.0 Å². The fraction of sp³-hybridized carbons (Fsp3) is 0.286. The van der Waals surface area contributed by atoms with Gasteiger partial charge in [-0.1, -0.05) is 37.3 Å². The van der Waals surface area contributed by atoms with Crippen LogP contribution in [0.4, 0.5) is 11.4 Å². The summed E-state index contributed by atoms with van der Waals surface area (Å²) < 4.78 is 23.9. The molecule has 1 fully saturated rings. The minimum atomic E-state index is -3.75. The van der Waals surface area contributed by atoms with Gasteiger partial charge in [0.25, 0.3) is 0 Å². The van der Waals surface area contributed by atoms with Crippen molar-refractivity contribution in [2.75, 3.05) is 36.0 Å². The van der Waals surface area contributed by atoms with E-state index in [1.807, 2.05) is 24.3 Å². The minimum absolute atomic E-state index is 0.186. The van der Waals surface area contributed by atoms with Gasteiger partial charge in [0, 0.05) is 42.9 Å². The molecule has 0 bridgehead atoms. The number of aromatic nitrogens is 1. The van der Waals surface area contributed by atoms with Crippen LogP contribution in [0.5, 0.6) is 0 Å². The maximum absolute atomic E-state index is 11.9. The Morgan fingerprint density at radius 2 is 1.54 bits per heavy atom. The van der Waals surface area contributed by atoms with Gasteiger partial charge in [-0.05, 0) is 30.7 Å². The zero-order valence-corrected chi connectivity index (χ0v) is 16.7. The molecule has 146 valence electrons. The lowest BCUT2D eigenvalue weighted by Gasteiger charge is -2.38. The van der Waals surface area contributed by atoms with E-state index in [4.69, 9.17) is 10.1 Å². The molecular weight excluding hydrogens is 372 g/mol. The number of primary sulfonamides is 1. The lowest BCUT2D eigenvalue weighted by molar-refractivity contribution is 0.595. The third-order valence-electron chi connectivity index (χ3n) is 5.24. The van der Waals surface area contributed by atoms with Gasteiger partial charge in [0.1, 0.15) is 4.90 Å². The third kappa shape index (κ3) is 3.55. The molecule has 7 heteroatoms. The second-order valence-corrected chi connectivity index (χ2v) is 8.52. The van der Waals surface area contributed by atoms with E-state index in [1.54, 1.807) is 12.1 Å². The topological polar surface area (TPSA) is 79.5 Å². The molecule has 4 rings (SSSR count). The van der Waals surface area contributed by atoms with Crippen LogP contribution in [-0.4, -0.2) is 39.6 Å². The Kier molecular flexibility index (Phi) is 4.95. The Labute approximate surface area is 165 Å². The summed E-state index contributed by atoms with van der Waals surface area (Å²) in [6, 6.07) is 17.3. The first-order valence-corrected chi connectivity index (χ1v) is 11.0. The SMILES string of the molecule is CCc1cc(N2CCN(c3ccccc3S(N)(=O)=O)CC2)c2ccccc2n1. The van der Waals surface area contributed by atoms with Gasteiger partial charge in [0.15, 0.2) is 0 Å². The molecule has 3 aromatic rings. The van der Waals surface area contributed by atoms with Crippen molar-refractivity contribution in [3.05, 3.63) is 60.3 Å². The van der Waals surface area contributed by atoms with Gasteiger partial charge < -0.3 is 9.80 Å². The van der Waals surface area contributed by atoms with Crippen molar-refractivity contribution in [1.82, 2.24) is 4.98 Å². The predicted molar refractivity (Wildman–Crippen MR) is 113 cm³/mol. The van der Waals surface area contributed by atoms with Crippen LogP contribution in [0.3, 0.4) is 0 Å². The maximum atomic E-state index is 11.9. The maximum Gasteiger partial charge on any atom is 0.240 e. The molecule has 2 N–H and O–H groups in total. The fourth-order valence-electron chi connectivity index (χ4n) is 3.80. The molecule has 0 unspecified atom stereocenters. The van der Waals surface area contributed by atoms with E-state index in [-0.39, 0.29) is 4.90 Å². The number of aryl methyl sites for hydroxylation is 1. The van der Waals surface area contributed by atoms with Gasteiger partial charge in [0.05, 0.1) is 11.2 Å². The molecule has 0 radical (unpaired) electrons. The zero-order valence-electron chi connectivity index (χ0n) is 15.9. The van der Waals surface area contributed by atoms with Crippen LogP contribution in [-0.2, 0) is 16.4 Å². The molecule has 1 saturated heterocycles. The first-order chi connectivity index (χ1) is 13.5. The number of piperazine rings is 1. The smallest absolute Gasteiger partial charge is 0.240 e. The number of rotatable bonds is 4. The molecule has 0 atom stereocenters. The number of nitrogens with zero attached hydrogens (tertiary/aromatic N) is 3. The van der Waals surface area contributed by atoms with Crippen LogP contribution >= 0.6 is 0 Å². The number of hydrogen-bond donors (Lipinski definition) is 1. The molecule has 1 aliphatic heterocycles. The molecule has 6 nitrogen and oxygen atoms in total. The second-order valence-electron chi connectivity index (χ2n) is 6.99. The number of nitrogens with two attached hydrogens (primary N) is 1. The van der Waals surface area contributed by atoms with E-state index in [1.165, 1.54) is 5.69 Å². The summed E-state index contributed by atoms with van der Waals surface area (Å²) >= 11 is 0. The van der Waals surface area contributed by atoms with Crippen molar-refractivity contribution >= 4 is 32.3 Å². The summed E-state index contributed by atoms with van der Waals surface area (Å²) in [5.41, 5.74) is 3.97. The standard InChI is InChI=1S/C21H24N4O2S/c1-2-16-15-20(17-7-3-4-8-18(17)23-16)25-13-11-24(12-14-25)19-9-5-6-10-21(19)28(22,26)27/h3-10,15H,2,11-14H2,1H3,(H2,22,26,27). The molecule has 0 aliphatic carbocycles. The Hall–Kier alpha value is -2.64. The molecule has 0 amide bonds. The van der Waals surface area contributed by atoms with Gasteiger partial charge in [-0.2, -0.15) is 0 Å². The van der Waals surface area contributed by atoms with E-state index in [0.29, 0.717) is 5.69 Å². The normalized spacial score (nSPS) is 15.2. The van der Waals surface area contributed by atoms with Gasteiger partial charge in [-0.25, -0.2) is 13.6 Å². The summed E-state index contributed by atoms with van der Waals surface area (Å²) in [5.74, 6) is 0. The largest absolute Gasteiger partial charge is 0.367 e. The molecule has 0 spiro atoms. The van der Waals surface area contributed by atoms with Gasteiger partial charge in [-0.15, -0.1) is 0 Å². The molecule has 28 heavy (non-hydrogen) atoms. The predicted octanol–water partition coefficient (Wildman–Crippen LogP) is 2.77. The average molecular weight is 397 g/mol. The van der Waals surface area contributed by atoms with Crippen LogP contribution in [0.2, 0.25) is 0 Å². The molecule has 1 aliphatic rings. The summed E-state index contributed by atoms with van der Waals surface area (Å²) in [6.07, 6.45) is 0.888. The molecule has 0 saturated carbocycles. The van der Waals surface area contributed by atoms with Crippen LogP contribution in [0.25, 0.3) is 10.9 Å². The second kappa shape index (κ2) is 7.41. The van der Waals surface area contributed by atoms with E-state index < -0.39 is 10.0 Å². The lowest BCUT2D eigenvalue weighted by Crippen LogP contribution is -2.47. The zero-order chi connectivity index (χ0) is 19.7. The van der Waals surface area contributed by atoms with Crippen LogP contribution in [0.15, 0.2) is 59.5 Å². The number of para-hydroxylation sites is 2. The average Bonchev–Trinajstić information content (AvgIpc) is 2.72. The number of benzene rings is 2. The van der Waals surface area contributed by atoms with Gasteiger partial charge >= 0.3 is 0 Å². The highest BCUT2D eigenvalue weighted by atomic mass is 32.2. The molecular formula is C21H24N4O2S. The van der Waals surface area contributed by atoms with Crippen molar-refractivity contribution in [3.8, 4) is 0 Å². The highest BCUT2D eigenvalue weighted by molar-refractivity contribution is 7.89. The highest BCUT2D eigenvalue weighted by Crippen LogP contribution is 2.30. The third-order valence-corrected chi connectivity index (χ3v) is 6.20. The first-order valence-electron chi connectivity index (χ1n) is 9.48. The van der Waals surface area contributed by atoms with E-state index in [9.17, 15) is 8.42 Å². The number of fused-ring (bicyclic) bond motifs is 1. The van der Waals surface area contributed by atoms with Crippen LogP contribution < -0.4 is 14.9 Å². The van der Waals surface area contributed by atoms with Crippen molar-refractivity contribution < 1.29 is 8.42 Å². The number of pyridine rings is 1.